The Hall–Kier alpha value is -0.410. The standard InChI is InChI=1S/C13H19BrN2/c1-2-3-8-16-9-4-5-12(16)11-6-7-13(14)15-10-11/h6-7,10,12H,2-5,8-9H2,1H3/t12-/m0/s1. The first-order chi connectivity index (χ1) is 7.81. The highest BCUT2D eigenvalue weighted by atomic mass is 79.9. The third-order valence-corrected chi connectivity index (χ3v) is 3.77. The molecule has 0 spiro atoms. The minimum atomic E-state index is 0.604. The second kappa shape index (κ2) is 5.78. The van der Waals surface area contributed by atoms with Crippen molar-refractivity contribution in [2.45, 2.75) is 38.6 Å². The Balaban J connectivity index is 2.04. The van der Waals surface area contributed by atoms with Crippen LogP contribution in [0.1, 0.15) is 44.2 Å². The Labute approximate surface area is 106 Å². The van der Waals surface area contributed by atoms with E-state index >= 15 is 0 Å². The van der Waals surface area contributed by atoms with Crippen molar-refractivity contribution in [3.05, 3.63) is 28.5 Å². The number of hydrogen-bond acceptors (Lipinski definition) is 2. The van der Waals surface area contributed by atoms with Crippen molar-refractivity contribution in [2.75, 3.05) is 13.1 Å². The van der Waals surface area contributed by atoms with Gasteiger partial charge in [-0.3, -0.25) is 4.90 Å². The maximum atomic E-state index is 4.33. The highest BCUT2D eigenvalue weighted by molar-refractivity contribution is 9.10. The van der Waals surface area contributed by atoms with E-state index in [-0.39, 0.29) is 0 Å². The molecule has 1 aliphatic heterocycles. The molecule has 0 N–H and O–H groups in total. The summed E-state index contributed by atoms with van der Waals surface area (Å²) in [5.74, 6) is 0. The van der Waals surface area contributed by atoms with Crippen LogP contribution in [-0.4, -0.2) is 23.0 Å². The van der Waals surface area contributed by atoms with Gasteiger partial charge < -0.3 is 0 Å². The Bertz CT molecular complexity index is 323. The van der Waals surface area contributed by atoms with E-state index in [0.717, 1.165) is 4.60 Å². The fourth-order valence-electron chi connectivity index (χ4n) is 2.42. The zero-order valence-electron chi connectivity index (χ0n) is 9.82. The SMILES string of the molecule is CCCCN1CCC[C@H]1c1ccc(Br)nc1. The number of rotatable bonds is 4. The highest BCUT2D eigenvalue weighted by Gasteiger charge is 2.25. The molecule has 88 valence electrons. The van der Waals surface area contributed by atoms with Crippen molar-refractivity contribution in [2.24, 2.45) is 0 Å². The van der Waals surface area contributed by atoms with Crippen LogP contribution in [0.15, 0.2) is 22.9 Å². The van der Waals surface area contributed by atoms with Gasteiger partial charge in [-0.05, 0) is 59.9 Å². The summed E-state index contributed by atoms with van der Waals surface area (Å²) >= 11 is 3.39. The molecule has 16 heavy (non-hydrogen) atoms. The summed E-state index contributed by atoms with van der Waals surface area (Å²) in [6, 6.07) is 4.85. The van der Waals surface area contributed by atoms with Crippen LogP contribution in [0.2, 0.25) is 0 Å². The second-order valence-electron chi connectivity index (χ2n) is 4.46. The molecule has 1 atom stereocenters. The van der Waals surface area contributed by atoms with Crippen LogP contribution in [0.25, 0.3) is 0 Å². The summed E-state index contributed by atoms with van der Waals surface area (Å²) in [4.78, 5) is 6.93. The van der Waals surface area contributed by atoms with Crippen LogP contribution in [-0.2, 0) is 0 Å². The van der Waals surface area contributed by atoms with Crippen molar-refractivity contribution in [3.63, 3.8) is 0 Å². The summed E-state index contributed by atoms with van der Waals surface area (Å²) in [6.07, 6.45) is 7.21. The minimum absolute atomic E-state index is 0.604. The van der Waals surface area contributed by atoms with Gasteiger partial charge in [0.2, 0.25) is 0 Å². The van der Waals surface area contributed by atoms with Gasteiger partial charge in [-0.15, -0.1) is 0 Å². The fraction of sp³-hybridized carbons (Fsp3) is 0.615. The van der Waals surface area contributed by atoms with E-state index in [0.29, 0.717) is 6.04 Å². The van der Waals surface area contributed by atoms with E-state index in [1.165, 1.54) is 44.3 Å². The molecular formula is C13H19BrN2. The number of nitrogens with zero attached hydrogens (tertiary/aromatic N) is 2. The number of halogens is 1. The number of pyridine rings is 1. The van der Waals surface area contributed by atoms with E-state index in [4.69, 9.17) is 0 Å². The average Bonchev–Trinajstić information content (AvgIpc) is 2.75. The first-order valence-corrected chi connectivity index (χ1v) is 6.96. The van der Waals surface area contributed by atoms with Crippen LogP contribution in [0.4, 0.5) is 0 Å². The van der Waals surface area contributed by atoms with Gasteiger partial charge in [0.1, 0.15) is 4.60 Å². The molecule has 2 rings (SSSR count). The highest BCUT2D eigenvalue weighted by Crippen LogP contribution is 2.31. The predicted molar refractivity (Wildman–Crippen MR) is 70.4 cm³/mol. The molecule has 1 aromatic heterocycles. The molecule has 1 saturated heterocycles. The Kier molecular flexibility index (Phi) is 4.36. The number of unbranched alkanes of at least 4 members (excludes halogenated alkanes) is 1. The lowest BCUT2D eigenvalue weighted by atomic mass is 10.1. The van der Waals surface area contributed by atoms with Crippen LogP contribution >= 0.6 is 15.9 Å². The van der Waals surface area contributed by atoms with Gasteiger partial charge >= 0.3 is 0 Å². The topological polar surface area (TPSA) is 16.1 Å². The van der Waals surface area contributed by atoms with E-state index < -0.39 is 0 Å². The van der Waals surface area contributed by atoms with Gasteiger partial charge in [0.15, 0.2) is 0 Å². The lowest BCUT2D eigenvalue weighted by molar-refractivity contribution is 0.253. The quantitative estimate of drug-likeness (QED) is 0.782. The van der Waals surface area contributed by atoms with Crippen molar-refractivity contribution < 1.29 is 0 Å². The molecular weight excluding hydrogens is 264 g/mol. The lowest BCUT2D eigenvalue weighted by Crippen LogP contribution is -2.24. The van der Waals surface area contributed by atoms with Gasteiger partial charge in [-0.1, -0.05) is 19.4 Å². The van der Waals surface area contributed by atoms with E-state index in [1.807, 2.05) is 12.3 Å². The molecule has 0 amide bonds. The molecule has 1 aromatic rings. The third kappa shape index (κ3) is 2.83. The molecule has 2 nitrogen and oxygen atoms in total. The summed E-state index contributed by atoms with van der Waals surface area (Å²) in [5, 5.41) is 0. The number of likely N-dealkylation sites (tertiary alicyclic amines) is 1. The van der Waals surface area contributed by atoms with Crippen molar-refractivity contribution >= 4 is 15.9 Å². The maximum Gasteiger partial charge on any atom is 0.106 e. The van der Waals surface area contributed by atoms with E-state index in [9.17, 15) is 0 Å². The number of aromatic nitrogens is 1. The second-order valence-corrected chi connectivity index (χ2v) is 5.27. The Morgan fingerprint density at radius 3 is 3.06 bits per heavy atom. The number of hydrogen-bond donors (Lipinski definition) is 0. The molecule has 1 aliphatic rings. The smallest absolute Gasteiger partial charge is 0.106 e. The van der Waals surface area contributed by atoms with Gasteiger partial charge in [0, 0.05) is 12.2 Å². The normalized spacial score (nSPS) is 21.5. The molecule has 0 aliphatic carbocycles. The fourth-order valence-corrected chi connectivity index (χ4v) is 2.65. The summed E-state index contributed by atoms with van der Waals surface area (Å²) in [6.45, 7) is 4.74. The van der Waals surface area contributed by atoms with Crippen molar-refractivity contribution in [1.82, 2.24) is 9.88 Å². The van der Waals surface area contributed by atoms with Crippen molar-refractivity contribution in [1.29, 1.82) is 0 Å². The zero-order chi connectivity index (χ0) is 11.4. The van der Waals surface area contributed by atoms with Crippen LogP contribution in [0, 0.1) is 0 Å². The van der Waals surface area contributed by atoms with E-state index in [1.54, 1.807) is 0 Å². The molecule has 0 unspecified atom stereocenters. The first kappa shape index (κ1) is 12.1. The molecule has 0 saturated carbocycles. The molecule has 0 bridgehead atoms. The molecule has 1 fully saturated rings. The van der Waals surface area contributed by atoms with E-state index in [2.05, 4.69) is 38.8 Å². The Morgan fingerprint density at radius 2 is 2.38 bits per heavy atom. The van der Waals surface area contributed by atoms with Crippen LogP contribution in [0.3, 0.4) is 0 Å². The first-order valence-electron chi connectivity index (χ1n) is 6.16. The summed E-state index contributed by atoms with van der Waals surface area (Å²) in [7, 11) is 0. The van der Waals surface area contributed by atoms with Gasteiger partial charge in [0.25, 0.3) is 0 Å². The molecule has 0 radical (unpaired) electrons. The molecule has 0 aromatic carbocycles. The van der Waals surface area contributed by atoms with Gasteiger partial charge in [0.05, 0.1) is 0 Å². The Morgan fingerprint density at radius 1 is 1.50 bits per heavy atom. The zero-order valence-corrected chi connectivity index (χ0v) is 11.4. The maximum absolute atomic E-state index is 4.33. The third-order valence-electron chi connectivity index (χ3n) is 3.30. The largest absolute Gasteiger partial charge is 0.296 e. The molecule has 3 heteroatoms. The van der Waals surface area contributed by atoms with Gasteiger partial charge in [-0.2, -0.15) is 0 Å². The average molecular weight is 283 g/mol. The molecule has 2 heterocycles. The van der Waals surface area contributed by atoms with Crippen LogP contribution < -0.4 is 0 Å². The predicted octanol–water partition coefficient (Wildman–Crippen LogP) is 3.78. The lowest BCUT2D eigenvalue weighted by Gasteiger charge is -2.24. The van der Waals surface area contributed by atoms with Crippen molar-refractivity contribution in [3.8, 4) is 0 Å². The minimum Gasteiger partial charge on any atom is -0.296 e. The van der Waals surface area contributed by atoms with Crippen LogP contribution in [0.5, 0.6) is 0 Å². The van der Waals surface area contributed by atoms with Gasteiger partial charge in [-0.25, -0.2) is 4.98 Å². The summed E-state index contributed by atoms with van der Waals surface area (Å²) < 4.78 is 0.925. The monoisotopic (exact) mass is 282 g/mol. The summed E-state index contributed by atoms with van der Waals surface area (Å²) in [5.41, 5.74) is 1.37.